The van der Waals surface area contributed by atoms with Crippen molar-refractivity contribution in [3.8, 4) is 0 Å². The Labute approximate surface area is 136 Å². The smallest absolute Gasteiger partial charge is 0.0462 e. The third-order valence-electron chi connectivity index (χ3n) is 4.12. The molecule has 2 rings (SSSR count). The molecule has 0 bridgehead atoms. The van der Waals surface area contributed by atoms with Gasteiger partial charge < -0.3 is 5.32 Å². The second-order valence-electron chi connectivity index (χ2n) is 5.62. The molecule has 1 aromatic rings. The van der Waals surface area contributed by atoms with Gasteiger partial charge in [0.2, 0.25) is 0 Å². The van der Waals surface area contributed by atoms with Gasteiger partial charge in [-0.25, -0.2) is 0 Å². The summed E-state index contributed by atoms with van der Waals surface area (Å²) in [5, 5.41) is 4.52. The van der Waals surface area contributed by atoms with E-state index in [1.54, 1.807) is 0 Å². The molecule has 1 aliphatic heterocycles. The Kier molecular flexibility index (Phi) is 6.34. The van der Waals surface area contributed by atoms with Gasteiger partial charge in [0.05, 0.1) is 0 Å². The molecule has 1 saturated heterocycles. The Morgan fingerprint density at radius 2 is 2.20 bits per heavy atom. The van der Waals surface area contributed by atoms with Crippen LogP contribution in [0.15, 0.2) is 22.7 Å². The number of nitrogens with zero attached hydrogens (tertiary/aromatic N) is 1. The number of piperazine rings is 1. The van der Waals surface area contributed by atoms with Crippen LogP contribution < -0.4 is 5.32 Å². The van der Waals surface area contributed by atoms with Gasteiger partial charge in [-0.1, -0.05) is 53.9 Å². The van der Waals surface area contributed by atoms with E-state index in [4.69, 9.17) is 11.6 Å². The Morgan fingerprint density at radius 1 is 1.40 bits per heavy atom. The standard InChI is InChI=1S/C16H24BrClN2/c1-3-5-15-9-19-14(4-2)11-20(15)10-12-6-7-13(17)8-16(12)18/h6-8,14-15,19H,3-5,9-11H2,1-2H3. The monoisotopic (exact) mass is 358 g/mol. The van der Waals surface area contributed by atoms with Crippen molar-refractivity contribution < 1.29 is 0 Å². The zero-order valence-corrected chi connectivity index (χ0v) is 14.7. The van der Waals surface area contributed by atoms with Gasteiger partial charge in [0, 0.05) is 41.2 Å². The summed E-state index contributed by atoms with van der Waals surface area (Å²) < 4.78 is 1.04. The highest BCUT2D eigenvalue weighted by Gasteiger charge is 2.26. The fraction of sp³-hybridized carbons (Fsp3) is 0.625. The van der Waals surface area contributed by atoms with Gasteiger partial charge in [-0.3, -0.25) is 4.90 Å². The summed E-state index contributed by atoms with van der Waals surface area (Å²) in [4.78, 5) is 2.60. The number of hydrogen-bond donors (Lipinski definition) is 1. The average Bonchev–Trinajstić information content (AvgIpc) is 2.44. The summed E-state index contributed by atoms with van der Waals surface area (Å²) >= 11 is 9.84. The van der Waals surface area contributed by atoms with E-state index in [0.29, 0.717) is 12.1 Å². The van der Waals surface area contributed by atoms with Crippen LogP contribution in [0.25, 0.3) is 0 Å². The van der Waals surface area contributed by atoms with Gasteiger partial charge in [-0.2, -0.15) is 0 Å². The van der Waals surface area contributed by atoms with Gasteiger partial charge in [-0.05, 0) is 30.5 Å². The molecule has 0 aliphatic carbocycles. The summed E-state index contributed by atoms with van der Waals surface area (Å²) in [7, 11) is 0. The molecule has 4 heteroatoms. The predicted molar refractivity (Wildman–Crippen MR) is 90.3 cm³/mol. The van der Waals surface area contributed by atoms with Crippen molar-refractivity contribution in [2.75, 3.05) is 13.1 Å². The fourth-order valence-electron chi connectivity index (χ4n) is 2.88. The molecule has 0 radical (unpaired) electrons. The number of hydrogen-bond acceptors (Lipinski definition) is 2. The van der Waals surface area contributed by atoms with Crippen LogP contribution in [0.1, 0.15) is 38.7 Å². The number of rotatable bonds is 5. The van der Waals surface area contributed by atoms with Crippen molar-refractivity contribution >= 4 is 27.5 Å². The van der Waals surface area contributed by atoms with Crippen LogP contribution in [0.5, 0.6) is 0 Å². The first-order chi connectivity index (χ1) is 9.63. The van der Waals surface area contributed by atoms with Crippen LogP contribution in [0.2, 0.25) is 5.02 Å². The Hall–Kier alpha value is -0.0900. The lowest BCUT2D eigenvalue weighted by Gasteiger charge is -2.40. The van der Waals surface area contributed by atoms with E-state index >= 15 is 0 Å². The molecule has 2 nitrogen and oxygen atoms in total. The maximum absolute atomic E-state index is 6.37. The Balaban J connectivity index is 2.09. The highest BCUT2D eigenvalue weighted by molar-refractivity contribution is 9.10. The SMILES string of the molecule is CCCC1CNC(CC)CN1Cc1ccc(Br)cc1Cl. The highest BCUT2D eigenvalue weighted by Crippen LogP contribution is 2.25. The number of halogens is 2. The molecule has 1 heterocycles. The summed E-state index contributed by atoms with van der Waals surface area (Å²) in [5.74, 6) is 0. The van der Waals surface area contributed by atoms with Crippen molar-refractivity contribution in [3.63, 3.8) is 0 Å². The van der Waals surface area contributed by atoms with Crippen molar-refractivity contribution in [3.05, 3.63) is 33.3 Å². The third-order valence-corrected chi connectivity index (χ3v) is 4.96. The van der Waals surface area contributed by atoms with E-state index in [2.05, 4.69) is 52.1 Å². The molecule has 1 N–H and O–H groups in total. The van der Waals surface area contributed by atoms with Crippen molar-refractivity contribution in [2.45, 2.75) is 51.7 Å². The van der Waals surface area contributed by atoms with Crippen LogP contribution in [0.3, 0.4) is 0 Å². The third kappa shape index (κ3) is 4.20. The lowest BCUT2D eigenvalue weighted by molar-refractivity contribution is 0.113. The Bertz CT molecular complexity index is 438. The quantitative estimate of drug-likeness (QED) is 0.835. The fourth-order valence-corrected chi connectivity index (χ4v) is 3.62. The first kappa shape index (κ1) is 16.3. The van der Waals surface area contributed by atoms with Crippen molar-refractivity contribution in [1.82, 2.24) is 10.2 Å². The van der Waals surface area contributed by atoms with Crippen molar-refractivity contribution in [1.29, 1.82) is 0 Å². The average molecular weight is 360 g/mol. The summed E-state index contributed by atoms with van der Waals surface area (Å²) in [6.45, 7) is 7.68. The van der Waals surface area contributed by atoms with Gasteiger partial charge in [-0.15, -0.1) is 0 Å². The van der Waals surface area contributed by atoms with E-state index in [9.17, 15) is 0 Å². The normalized spacial score (nSPS) is 24.0. The predicted octanol–water partition coefficient (Wildman–Crippen LogP) is 4.46. The van der Waals surface area contributed by atoms with E-state index in [0.717, 1.165) is 29.1 Å². The second kappa shape index (κ2) is 7.79. The second-order valence-corrected chi connectivity index (χ2v) is 6.94. The van der Waals surface area contributed by atoms with E-state index < -0.39 is 0 Å². The molecule has 1 aromatic carbocycles. The highest BCUT2D eigenvalue weighted by atomic mass is 79.9. The summed E-state index contributed by atoms with van der Waals surface area (Å²) in [6, 6.07) is 7.44. The number of nitrogens with one attached hydrogen (secondary N) is 1. The first-order valence-electron chi connectivity index (χ1n) is 7.55. The van der Waals surface area contributed by atoms with Gasteiger partial charge in [0.1, 0.15) is 0 Å². The first-order valence-corrected chi connectivity index (χ1v) is 8.72. The molecule has 20 heavy (non-hydrogen) atoms. The zero-order valence-electron chi connectivity index (χ0n) is 12.3. The Morgan fingerprint density at radius 3 is 2.85 bits per heavy atom. The molecule has 0 amide bonds. The van der Waals surface area contributed by atoms with Crippen molar-refractivity contribution in [2.24, 2.45) is 0 Å². The molecular weight excluding hydrogens is 336 g/mol. The van der Waals surface area contributed by atoms with E-state index in [-0.39, 0.29) is 0 Å². The lowest BCUT2D eigenvalue weighted by atomic mass is 10.0. The lowest BCUT2D eigenvalue weighted by Crippen LogP contribution is -2.55. The maximum Gasteiger partial charge on any atom is 0.0462 e. The largest absolute Gasteiger partial charge is 0.311 e. The molecule has 0 aromatic heterocycles. The zero-order chi connectivity index (χ0) is 14.5. The molecular formula is C16H24BrClN2. The maximum atomic E-state index is 6.37. The minimum absolute atomic E-state index is 0.609. The van der Waals surface area contributed by atoms with Crippen LogP contribution in [0.4, 0.5) is 0 Å². The molecule has 1 fully saturated rings. The minimum atomic E-state index is 0.609. The molecule has 0 saturated carbocycles. The van der Waals surface area contributed by atoms with Gasteiger partial charge in [0.15, 0.2) is 0 Å². The topological polar surface area (TPSA) is 15.3 Å². The van der Waals surface area contributed by atoms with Crippen LogP contribution in [-0.4, -0.2) is 30.1 Å². The van der Waals surface area contributed by atoms with E-state index in [1.165, 1.54) is 24.8 Å². The molecule has 112 valence electrons. The van der Waals surface area contributed by atoms with Gasteiger partial charge >= 0.3 is 0 Å². The van der Waals surface area contributed by atoms with Crippen LogP contribution in [-0.2, 0) is 6.54 Å². The van der Waals surface area contributed by atoms with E-state index in [1.807, 2.05) is 6.07 Å². The summed E-state index contributed by atoms with van der Waals surface area (Å²) in [5.41, 5.74) is 1.23. The molecule has 1 aliphatic rings. The summed E-state index contributed by atoms with van der Waals surface area (Å²) in [6.07, 6.45) is 3.66. The molecule has 2 unspecified atom stereocenters. The van der Waals surface area contributed by atoms with Gasteiger partial charge in [0.25, 0.3) is 0 Å². The molecule has 2 atom stereocenters. The molecule has 0 spiro atoms. The van der Waals surface area contributed by atoms with Crippen LogP contribution >= 0.6 is 27.5 Å². The number of benzene rings is 1. The minimum Gasteiger partial charge on any atom is -0.311 e. The van der Waals surface area contributed by atoms with Crippen LogP contribution in [0, 0.1) is 0 Å².